The minimum Gasteiger partial charge on any atom is -0.486 e. The summed E-state index contributed by atoms with van der Waals surface area (Å²) in [5.41, 5.74) is 8.45. The van der Waals surface area contributed by atoms with Crippen LogP contribution in [0.2, 0.25) is 0 Å². The van der Waals surface area contributed by atoms with Crippen LogP contribution in [0.5, 0.6) is 11.5 Å². The van der Waals surface area contributed by atoms with Gasteiger partial charge in [-0.2, -0.15) is 0 Å². The van der Waals surface area contributed by atoms with E-state index < -0.39 is 0 Å². The van der Waals surface area contributed by atoms with Crippen LogP contribution in [0.3, 0.4) is 0 Å². The Bertz CT molecular complexity index is 555. The maximum absolute atomic E-state index is 5.99. The molecular weight excluding hydrogens is 228 g/mol. The van der Waals surface area contributed by atoms with Crippen molar-refractivity contribution in [1.82, 2.24) is 0 Å². The summed E-state index contributed by atoms with van der Waals surface area (Å²) in [5, 5.41) is 3.26. The van der Waals surface area contributed by atoms with Crippen LogP contribution < -0.4 is 20.5 Å². The molecule has 1 aliphatic rings. The largest absolute Gasteiger partial charge is 0.486 e. The van der Waals surface area contributed by atoms with Gasteiger partial charge in [0, 0.05) is 17.8 Å². The third-order valence-corrected chi connectivity index (χ3v) is 2.77. The summed E-state index contributed by atoms with van der Waals surface area (Å²) in [4.78, 5) is 0. The number of nitrogens with two attached hydrogens (primary N) is 1. The highest BCUT2D eigenvalue weighted by Gasteiger charge is 2.14. The molecule has 2 aromatic carbocycles. The summed E-state index contributed by atoms with van der Waals surface area (Å²) in [6.45, 7) is 1.14. The summed E-state index contributed by atoms with van der Waals surface area (Å²) < 4.78 is 11.0. The molecule has 0 spiro atoms. The first kappa shape index (κ1) is 10.8. The Hall–Kier alpha value is -2.36. The normalized spacial score (nSPS) is 13.1. The van der Waals surface area contributed by atoms with Gasteiger partial charge in [0.1, 0.15) is 13.2 Å². The van der Waals surface area contributed by atoms with E-state index in [-0.39, 0.29) is 0 Å². The highest BCUT2D eigenvalue weighted by Crippen LogP contribution is 2.37. The van der Waals surface area contributed by atoms with Gasteiger partial charge in [0.05, 0.1) is 11.4 Å². The van der Waals surface area contributed by atoms with Crippen LogP contribution >= 0.6 is 0 Å². The van der Waals surface area contributed by atoms with Crippen molar-refractivity contribution in [2.75, 3.05) is 24.3 Å². The first-order valence-corrected chi connectivity index (χ1v) is 5.84. The van der Waals surface area contributed by atoms with E-state index in [1.54, 1.807) is 6.07 Å². The second kappa shape index (κ2) is 4.49. The number of benzene rings is 2. The van der Waals surface area contributed by atoms with Crippen molar-refractivity contribution in [1.29, 1.82) is 0 Å². The fourth-order valence-electron chi connectivity index (χ4n) is 1.89. The quantitative estimate of drug-likeness (QED) is 0.795. The van der Waals surface area contributed by atoms with E-state index in [0.29, 0.717) is 24.7 Å². The van der Waals surface area contributed by atoms with E-state index in [2.05, 4.69) is 5.32 Å². The lowest BCUT2D eigenvalue weighted by molar-refractivity contribution is 0.172. The van der Waals surface area contributed by atoms with Gasteiger partial charge in [-0.25, -0.2) is 0 Å². The summed E-state index contributed by atoms with van der Waals surface area (Å²) >= 11 is 0. The van der Waals surface area contributed by atoms with Crippen molar-refractivity contribution in [2.45, 2.75) is 0 Å². The summed E-state index contributed by atoms with van der Waals surface area (Å²) in [6.07, 6.45) is 0. The van der Waals surface area contributed by atoms with Crippen LogP contribution in [0.1, 0.15) is 0 Å². The van der Waals surface area contributed by atoms with Gasteiger partial charge in [-0.15, -0.1) is 0 Å². The lowest BCUT2D eigenvalue weighted by Crippen LogP contribution is -2.15. The van der Waals surface area contributed by atoms with Gasteiger partial charge in [-0.1, -0.05) is 18.2 Å². The second-order valence-electron chi connectivity index (χ2n) is 4.07. The van der Waals surface area contributed by atoms with Gasteiger partial charge in [0.15, 0.2) is 11.5 Å². The van der Waals surface area contributed by atoms with E-state index in [1.165, 1.54) is 0 Å². The van der Waals surface area contributed by atoms with E-state index in [9.17, 15) is 0 Å². The topological polar surface area (TPSA) is 56.5 Å². The Balaban J connectivity index is 1.92. The van der Waals surface area contributed by atoms with Crippen LogP contribution in [-0.2, 0) is 0 Å². The van der Waals surface area contributed by atoms with Gasteiger partial charge >= 0.3 is 0 Å². The van der Waals surface area contributed by atoms with Crippen LogP contribution in [0.4, 0.5) is 17.1 Å². The number of hydrogen-bond donors (Lipinski definition) is 2. The number of rotatable bonds is 2. The lowest BCUT2D eigenvalue weighted by atomic mass is 10.2. The Morgan fingerprint density at radius 3 is 2.33 bits per heavy atom. The molecule has 3 rings (SSSR count). The molecule has 0 radical (unpaired) electrons. The molecule has 2 aromatic rings. The molecule has 0 saturated heterocycles. The maximum atomic E-state index is 5.99. The minimum absolute atomic E-state index is 0.567. The Labute approximate surface area is 105 Å². The van der Waals surface area contributed by atoms with Crippen LogP contribution in [0.25, 0.3) is 0 Å². The molecular formula is C14H14N2O2. The number of nitrogen functional groups attached to an aromatic ring is 1. The summed E-state index contributed by atoms with van der Waals surface area (Å²) in [6, 6.07) is 13.5. The highest BCUT2D eigenvalue weighted by atomic mass is 16.6. The molecule has 0 aromatic heterocycles. The number of ether oxygens (including phenoxy) is 2. The van der Waals surface area contributed by atoms with E-state index in [1.807, 2.05) is 36.4 Å². The van der Waals surface area contributed by atoms with Gasteiger partial charge in [-0.3, -0.25) is 0 Å². The van der Waals surface area contributed by atoms with Gasteiger partial charge < -0.3 is 20.5 Å². The maximum Gasteiger partial charge on any atom is 0.163 e. The molecule has 0 fully saturated rings. The zero-order valence-corrected chi connectivity index (χ0v) is 9.85. The van der Waals surface area contributed by atoms with Crippen LogP contribution in [0.15, 0.2) is 42.5 Å². The first-order valence-electron chi connectivity index (χ1n) is 5.84. The van der Waals surface area contributed by atoms with Crippen LogP contribution in [0, 0.1) is 0 Å². The molecule has 1 aliphatic heterocycles. The molecule has 0 amide bonds. The van der Waals surface area contributed by atoms with Gasteiger partial charge in [0.2, 0.25) is 0 Å². The Morgan fingerprint density at radius 2 is 1.61 bits per heavy atom. The minimum atomic E-state index is 0.567. The van der Waals surface area contributed by atoms with Crippen molar-refractivity contribution >= 4 is 17.1 Å². The average molecular weight is 242 g/mol. The van der Waals surface area contributed by atoms with E-state index in [0.717, 1.165) is 17.1 Å². The van der Waals surface area contributed by atoms with Crippen molar-refractivity contribution in [3.63, 3.8) is 0 Å². The number of nitrogens with one attached hydrogen (secondary N) is 1. The molecule has 0 atom stereocenters. The lowest BCUT2D eigenvalue weighted by Gasteiger charge is -2.20. The van der Waals surface area contributed by atoms with Crippen molar-refractivity contribution < 1.29 is 9.47 Å². The summed E-state index contributed by atoms with van der Waals surface area (Å²) in [7, 11) is 0. The molecule has 4 nitrogen and oxygen atoms in total. The molecule has 92 valence electrons. The molecule has 3 N–H and O–H groups in total. The highest BCUT2D eigenvalue weighted by molar-refractivity contribution is 5.76. The van der Waals surface area contributed by atoms with Crippen LogP contribution in [-0.4, -0.2) is 13.2 Å². The van der Waals surface area contributed by atoms with Gasteiger partial charge in [-0.05, 0) is 12.1 Å². The number of para-hydroxylation sites is 1. The number of anilines is 3. The second-order valence-corrected chi connectivity index (χ2v) is 4.07. The van der Waals surface area contributed by atoms with Crippen molar-refractivity contribution in [2.24, 2.45) is 0 Å². The summed E-state index contributed by atoms with van der Waals surface area (Å²) in [5.74, 6) is 1.44. The van der Waals surface area contributed by atoms with E-state index in [4.69, 9.17) is 15.2 Å². The molecule has 1 heterocycles. The molecule has 0 aliphatic carbocycles. The monoisotopic (exact) mass is 242 g/mol. The smallest absolute Gasteiger partial charge is 0.163 e. The SMILES string of the molecule is Nc1cc2c(cc1Nc1ccccc1)OCCO2. The first-order chi connectivity index (χ1) is 8.83. The van der Waals surface area contributed by atoms with Gasteiger partial charge in [0.25, 0.3) is 0 Å². The Morgan fingerprint density at radius 1 is 0.944 bits per heavy atom. The predicted octanol–water partition coefficient (Wildman–Crippen LogP) is 2.78. The predicted molar refractivity (Wildman–Crippen MR) is 71.6 cm³/mol. The molecule has 0 saturated carbocycles. The third kappa shape index (κ3) is 2.05. The number of fused-ring (bicyclic) bond motifs is 1. The third-order valence-electron chi connectivity index (χ3n) is 2.77. The molecule has 0 unspecified atom stereocenters. The number of hydrogen-bond acceptors (Lipinski definition) is 4. The fourth-order valence-corrected chi connectivity index (χ4v) is 1.89. The molecule has 18 heavy (non-hydrogen) atoms. The molecule has 0 bridgehead atoms. The van der Waals surface area contributed by atoms with E-state index >= 15 is 0 Å². The average Bonchev–Trinajstić information content (AvgIpc) is 2.41. The molecule has 4 heteroatoms. The van der Waals surface area contributed by atoms with Crippen molar-refractivity contribution in [3.8, 4) is 11.5 Å². The fraction of sp³-hybridized carbons (Fsp3) is 0.143. The van der Waals surface area contributed by atoms with Crippen molar-refractivity contribution in [3.05, 3.63) is 42.5 Å². The standard InChI is InChI=1S/C14H14N2O2/c15-11-8-13-14(18-7-6-17-13)9-12(11)16-10-4-2-1-3-5-10/h1-5,8-9,16H,6-7,15H2. The Kier molecular flexibility index (Phi) is 2.68. The zero-order chi connectivity index (χ0) is 12.4. The zero-order valence-electron chi connectivity index (χ0n) is 9.85.